The molecule has 1 amide bonds. The van der Waals surface area contributed by atoms with Gasteiger partial charge in [0, 0.05) is 19.5 Å². The number of carboxylic acids is 1. The second kappa shape index (κ2) is 8.91. The molecule has 0 aromatic rings. The van der Waals surface area contributed by atoms with Gasteiger partial charge < -0.3 is 15.7 Å². The first-order valence-corrected chi connectivity index (χ1v) is 7.33. The summed E-state index contributed by atoms with van der Waals surface area (Å²) in [6.07, 6.45) is 4.79. The van der Waals surface area contributed by atoms with Crippen LogP contribution in [0.4, 0.5) is 0 Å². The summed E-state index contributed by atoms with van der Waals surface area (Å²) in [6.45, 7) is 4.52. The highest BCUT2D eigenvalue weighted by Gasteiger charge is 2.20. The van der Waals surface area contributed by atoms with Crippen LogP contribution in [0.2, 0.25) is 0 Å². The Kier molecular flexibility index (Phi) is 7.48. The first-order valence-electron chi connectivity index (χ1n) is 7.33. The zero-order chi connectivity index (χ0) is 14.1. The smallest absolute Gasteiger partial charge is 0.303 e. The van der Waals surface area contributed by atoms with E-state index in [4.69, 9.17) is 5.11 Å². The molecule has 0 aromatic heterocycles. The van der Waals surface area contributed by atoms with Gasteiger partial charge in [0.05, 0.1) is 5.92 Å². The molecule has 1 aliphatic rings. The van der Waals surface area contributed by atoms with Crippen molar-refractivity contribution in [2.75, 3.05) is 19.6 Å². The SMILES string of the molecule is CCC(CCNC(=O)[C@@H]1CCCNC1)CCC(=O)O. The number of hydrogen-bond acceptors (Lipinski definition) is 3. The first kappa shape index (κ1) is 16.0. The van der Waals surface area contributed by atoms with E-state index >= 15 is 0 Å². The molecule has 110 valence electrons. The van der Waals surface area contributed by atoms with Gasteiger partial charge in [0.25, 0.3) is 0 Å². The zero-order valence-corrected chi connectivity index (χ0v) is 11.8. The topological polar surface area (TPSA) is 78.4 Å². The molecule has 1 unspecified atom stereocenters. The molecule has 0 bridgehead atoms. The Balaban J connectivity index is 2.16. The average Bonchev–Trinajstić information content (AvgIpc) is 2.43. The van der Waals surface area contributed by atoms with E-state index in [1.165, 1.54) is 0 Å². The van der Waals surface area contributed by atoms with Crippen LogP contribution >= 0.6 is 0 Å². The van der Waals surface area contributed by atoms with Gasteiger partial charge in [-0.3, -0.25) is 9.59 Å². The van der Waals surface area contributed by atoms with Gasteiger partial charge in [-0.2, -0.15) is 0 Å². The lowest BCUT2D eigenvalue weighted by atomic mass is 9.96. The van der Waals surface area contributed by atoms with Gasteiger partial charge in [-0.1, -0.05) is 13.3 Å². The van der Waals surface area contributed by atoms with E-state index in [-0.39, 0.29) is 18.2 Å². The molecule has 1 heterocycles. The number of amides is 1. The summed E-state index contributed by atoms with van der Waals surface area (Å²) in [7, 11) is 0. The molecule has 19 heavy (non-hydrogen) atoms. The predicted octanol–water partition coefficient (Wildman–Crippen LogP) is 1.38. The van der Waals surface area contributed by atoms with Gasteiger partial charge in [0.15, 0.2) is 0 Å². The zero-order valence-electron chi connectivity index (χ0n) is 11.8. The molecule has 5 heteroatoms. The minimum atomic E-state index is -0.740. The Morgan fingerprint density at radius 1 is 1.42 bits per heavy atom. The fraction of sp³-hybridized carbons (Fsp3) is 0.857. The fourth-order valence-electron chi connectivity index (χ4n) is 2.50. The van der Waals surface area contributed by atoms with Crippen molar-refractivity contribution in [3.8, 4) is 0 Å². The van der Waals surface area contributed by atoms with Crippen molar-refractivity contribution >= 4 is 11.9 Å². The fourth-order valence-corrected chi connectivity index (χ4v) is 2.50. The number of hydrogen-bond donors (Lipinski definition) is 3. The molecule has 0 spiro atoms. The maximum Gasteiger partial charge on any atom is 0.303 e. The van der Waals surface area contributed by atoms with Crippen LogP contribution in [0, 0.1) is 11.8 Å². The third-order valence-electron chi connectivity index (χ3n) is 3.86. The van der Waals surface area contributed by atoms with Crippen LogP contribution in [0.5, 0.6) is 0 Å². The third kappa shape index (κ3) is 6.57. The van der Waals surface area contributed by atoms with Gasteiger partial charge in [0.2, 0.25) is 5.91 Å². The second-order valence-corrected chi connectivity index (χ2v) is 5.33. The van der Waals surface area contributed by atoms with Crippen molar-refractivity contribution < 1.29 is 14.7 Å². The van der Waals surface area contributed by atoms with Crippen molar-refractivity contribution in [1.82, 2.24) is 10.6 Å². The molecular formula is C14H26N2O3. The molecule has 1 fully saturated rings. The normalized spacial score (nSPS) is 20.8. The molecular weight excluding hydrogens is 244 g/mol. The van der Waals surface area contributed by atoms with Crippen LogP contribution in [-0.2, 0) is 9.59 Å². The first-order chi connectivity index (χ1) is 9.13. The molecule has 0 saturated carbocycles. The van der Waals surface area contributed by atoms with Gasteiger partial charge in [-0.05, 0) is 38.1 Å². The molecule has 1 saturated heterocycles. The Hall–Kier alpha value is -1.10. The minimum absolute atomic E-state index is 0.104. The Morgan fingerprint density at radius 2 is 2.21 bits per heavy atom. The summed E-state index contributed by atoms with van der Waals surface area (Å²) in [5.41, 5.74) is 0. The quantitative estimate of drug-likeness (QED) is 0.622. The maximum absolute atomic E-state index is 11.9. The molecule has 5 nitrogen and oxygen atoms in total. The number of carbonyl (C=O) groups excluding carboxylic acids is 1. The van der Waals surface area contributed by atoms with Crippen LogP contribution < -0.4 is 10.6 Å². The summed E-state index contributed by atoms with van der Waals surface area (Å²) in [4.78, 5) is 22.4. The Labute approximate surface area is 115 Å². The number of nitrogens with one attached hydrogen (secondary N) is 2. The summed E-state index contributed by atoms with van der Waals surface area (Å²) in [6, 6.07) is 0. The van der Waals surface area contributed by atoms with Gasteiger partial charge in [0.1, 0.15) is 0 Å². The maximum atomic E-state index is 11.9. The van der Waals surface area contributed by atoms with Crippen molar-refractivity contribution in [1.29, 1.82) is 0 Å². The van der Waals surface area contributed by atoms with Crippen LogP contribution in [0.1, 0.15) is 45.4 Å². The van der Waals surface area contributed by atoms with Gasteiger partial charge >= 0.3 is 5.97 Å². The number of rotatable bonds is 8. The summed E-state index contributed by atoms with van der Waals surface area (Å²) < 4.78 is 0. The number of carbonyl (C=O) groups is 2. The van der Waals surface area contributed by atoms with Crippen LogP contribution in [-0.4, -0.2) is 36.6 Å². The lowest BCUT2D eigenvalue weighted by Gasteiger charge is -2.22. The van der Waals surface area contributed by atoms with E-state index in [2.05, 4.69) is 17.6 Å². The van der Waals surface area contributed by atoms with Crippen molar-refractivity contribution in [3.63, 3.8) is 0 Å². The number of aliphatic carboxylic acids is 1. The van der Waals surface area contributed by atoms with E-state index in [0.29, 0.717) is 18.9 Å². The predicted molar refractivity (Wildman–Crippen MR) is 73.9 cm³/mol. The highest BCUT2D eigenvalue weighted by Crippen LogP contribution is 2.15. The molecule has 1 rings (SSSR count). The van der Waals surface area contributed by atoms with E-state index in [0.717, 1.165) is 38.8 Å². The summed E-state index contributed by atoms with van der Waals surface area (Å²) >= 11 is 0. The van der Waals surface area contributed by atoms with E-state index in [9.17, 15) is 9.59 Å². The standard InChI is InChI=1S/C14H26N2O3/c1-2-11(5-6-13(17)18)7-9-16-14(19)12-4-3-8-15-10-12/h11-12,15H,2-10H2,1H3,(H,16,19)(H,17,18)/t11?,12-/m1/s1. The largest absolute Gasteiger partial charge is 0.481 e. The molecule has 0 radical (unpaired) electrons. The molecule has 0 aliphatic carbocycles. The lowest BCUT2D eigenvalue weighted by molar-refractivity contribution is -0.137. The van der Waals surface area contributed by atoms with Crippen molar-refractivity contribution in [2.24, 2.45) is 11.8 Å². The molecule has 1 aliphatic heterocycles. The summed E-state index contributed by atoms with van der Waals surface area (Å²) in [5.74, 6) is -0.107. The number of carboxylic acid groups (broad SMARTS) is 1. The van der Waals surface area contributed by atoms with Crippen LogP contribution in [0.15, 0.2) is 0 Å². The second-order valence-electron chi connectivity index (χ2n) is 5.33. The highest BCUT2D eigenvalue weighted by atomic mass is 16.4. The van der Waals surface area contributed by atoms with Gasteiger partial charge in [-0.15, -0.1) is 0 Å². The van der Waals surface area contributed by atoms with Crippen molar-refractivity contribution in [2.45, 2.75) is 45.4 Å². The van der Waals surface area contributed by atoms with Crippen LogP contribution in [0.25, 0.3) is 0 Å². The van der Waals surface area contributed by atoms with E-state index < -0.39 is 5.97 Å². The minimum Gasteiger partial charge on any atom is -0.481 e. The lowest BCUT2D eigenvalue weighted by Crippen LogP contribution is -2.41. The summed E-state index contributed by atoms with van der Waals surface area (Å²) in [5, 5.41) is 14.9. The number of piperidine rings is 1. The third-order valence-corrected chi connectivity index (χ3v) is 3.86. The van der Waals surface area contributed by atoms with Gasteiger partial charge in [-0.25, -0.2) is 0 Å². The monoisotopic (exact) mass is 270 g/mol. The Morgan fingerprint density at radius 3 is 2.79 bits per heavy atom. The molecule has 2 atom stereocenters. The Bertz CT molecular complexity index is 288. The molecule has 3 N–H and O–H groups in total. The average molecular weight is 270 g/mol. The van der Waals surface area contributed by atoms with E-state index in [1.807, 2.05) is 0 Å². The van der Waals surface area contributed by atoms with E-state index in [1.54, 1.807) is 0 Å². The highest BCUT2D eigenvalue weighted by molar-refractivity contribution is 5.78. The van der Waals surface area contributed by atoms with Crippen LogP contribution in [0.3, 0.4) is 0 Å². The van der Waals surface area contributed by atoms with Crippen molar-refractivity contribution in [3.05, 3.63) is 0 Å². The molecule has 0 aromatic carbocycles.